The fourth-order valence-electron chi connectivity index (χ4n) is 4.01. The molecule has 3 rings (SSSR count). The minimum absolute atomic E-state index is 0.0188. The summed E-state index contributed by atoms with van der Waals surface area (Å²) in [7, 11) is 0. The van der Waals surface area contributed by atoms with E-state index in [1.54, 1.807) is 0 Å². The summed E-state index contributed by atoms with van der Waals surface area (Å²) in [5, 5.41) is 7.37. The Hall–Kier alpha value is -2.21. The number of hydrogen-bond acceptors (Lipinski definition) is 5. The highest BCUT2D eigenvalue weighted by Gasteiger charge is 2.29. The normalized spacial score (nSPS) is 18.2. The fraction of sp³-hybridized carbons (Fsp3) is 0.591. The van der Waals surface area contributed by atoms with Crippen LogP contribution in [0.25, 0.3) is 11.4 Å². The van der Waals surface area contributed by atoms with Crippen LogP contribution in [0.5, 0.6) is 0 Å². The summed E-state index contributed by atoms with van der Waals surface area (Å²) in [4.78, 5) is 19.6. The molecule has 0 bridgehead atoms. The second-order valence-corrected chi connectivity index (χ2v) is 8.47. The summed E-state index contributed by atoms with van der Waals surface area (Å²) >= 11 is 0. The summed E-state index contributed by atoms with van der Waals surface area (Å²) in [5.41, 5.74) is 0.946. The zero-order valence-electron chi connectivity index (χ0n) is 17.4. The van der Waals surface area contributed by atoms with E-state index in [4.69, 9.17) is 4.52 Å². The monoisotopic (exact) mass is 384 g/mol. The lowest BCUT2D eigenvalue weighted by molar-refractivity contribution is -0.128. The number of piperidine rings is 1. The Morgan fingerprint density at radius 3 is 2.61 bits per heavy atom. The lowest BCUT2D eigenvalue weighted by atomic mass is 9.91. The van der Waals surface area contributed by atoms with Gasteiger partial charge in [-0.2, -0.15) is 4.98 Å². The molecule has 1 amide bonds. The molecule has 6 nitrogen and oxygen atoms in total. The standard InChI is InChI=1S/C22H32N4O2/c1-15(2)20(16(3)4)24-22(27)18-11-8-12-26(13-18)14-19-23-21(25-28-19)17-9-6-5-7-10-17/h5-7,9-10,15-16,18,20H,8,11-14H2,1-4H3,(H,24,27). The molecule has 1 fully saturated rings. The van der Waals surface area contributed by atoms with Gasteiger partial charge in [-0.3, -0.25) is 9.69 Å². The molecule has 0 radical (unpaired) electrons. The van der Waals surface area contributed by atoms with Crippen LogP contribution in [0.15, 0.2) is 34.9 Å². The first-order chi connectivity index (χ1) is 13.4. The van der Waals surface area contributed by atoms with Gasteiger partial charge >= 0.3 is 0 Å². The molecule has 0 saturated carbocycles. The fourth-order valence-corrected chi connectivity index (χ4v) is 4.01. The van der Waals surface area contributed by atoms with Crippen molar-refractivity contribution in [2.24, 2.45) is 17.8 Å². The number of carbonyl (C=O) groups is 1. The number of rotatable bonds is 7. The molecule has 6 heteroatoms. The Morgan fingerprint density at radius 1 is 1.21 bits per heavy atom. The van der Waals surface area contributed by atoms with E-state index in [9.17, 15) is 4.79 Å². The minimum Gasteiger partial charge on any atom is -0.353 e. The molecule has 1 aliphatic heterocycles. The van der Waals surface area contributed by atoms with Crippen LogP contribution in [0.3, 0.4) is 0 Å². The molecule has 1 saturated heterocycles. The highest BCUT2D eigenvalue weighted by Crippen LogP contribution is 2.21. The topological polar surface area (TPSA) is 71.3 Å². The zero-order chi connectivity index (χ0) is 20.1. The summed E-state index contributed by atoms with van der Waals surface area (Å²) in [6.45, 7) is 10.9. The molecule has 152 valence electrons. The first kappa shape index (κ1) is 20.5. The van der Waals surface area contributed by atoms with Gasteiger partial charge in [-0.05, 0) is 31.2 Å². The average Bonchev–Trinajstić information content (AvgIpc) is 3.14. The number of aromatic nitrogens is 2. The Morgan fingerprint density at radius 2 is 1.93 bits per heavy atom. The number of nitrogens with one attached hydrogen (secondary N) is 1. The van der Waals surface area contributed by atoms with Crippen LogP contribution in [0, 0.1) is 17.8 Å². The predicted octanol–water partition coefficient (Wildman–Crippen LogP) is 3.75. The minimum atomic E-state index is 0.0188. The number of nitrogens with zero attached hydrogens (tertiary/aromatic N) is 3. The number of benzene rings is 1. The van der Waals surface area contributed by atoms with Crippen molar-refractivity contribution in [1.29, 1.82) is 0 Å². The first-order valence-electron chi connectivity index (χ1n) is 10.3. The maximum absolute atomic E-state index is 12.8. The number of likely N-dealkylation sites (tertiary alicyclic amines) is 1. The molecule has 1 unspecified atom stereocenters. The van der Waals surface area contributed by atoms with E-state index >= 15 is 0 Å². The summed E-state index contributed by atoms with van der Waals surface area (Å²) in [6.07, 6.45) is 1.94. The van der Waals surface area contributed by atoms with Gasteiger partial charge in [0.2, 0.25) is 17.6 Å². The van der Waals surface area contributed by atoms with Gasteiger partial charge < -0.3 is 9.84 Å². The molecule has 1 aliphatic rings. The van der Waals surface area contributed by atoms with Crippen LogP contribution in [0.1, 0.15) is 46.4 Å². The van der Waals surface area contributed by atoms with E-state index in [1.165, 1.54) is 0 Å². The smallest absolute Gasteiger partial charge is 0.241 e. The SMILES string of the molecule is CC(C)C(NC(=O)C1CCCN(Cc2nc(-c3ccccc3)no2)C1)C(C)C. The van der Waals surface area contributed by atoms with Gasteiger partial charge in [-0.1, -0.05) is 63.2 Å². The van der Waals surface area contributed by atoms with Gasteiger partial charge in [0.1, 0.15) is 0 Å². The molecule has 1 atom stereocenters. The average molecular weight is 385 g/mol. The zero-order valence-corrected chi connectivity index (χ0v) is 17.4. The highest BCUT2D eigenvalue weighted by molar-refractivity contribution is 5.79. The Bertz CT molecular complexity index is 749. The highest BCUT2D eigenvalue weighted by atomic mass is 16.5. The predicted molar refractivity (Wildman–Crippen MR) is 109 cm³/mol. The van der Waals surface area contributed by atoms with Crippen molar-refractivity contribution in [3.63, 3.8) is 0 Å². The van der Waals surface area contributed by atoms with Crippen molar-refractivity contribution in [3.05, 3.63) is 36.2 Å². The van der Waals surface area contributed by atoms with Crippen molar-refractivity contribution in [2.75, 3.05) is 13.1 Å². The van der Waals surface area contributed by atoms with Crippen molar-refractivity contribution >= 4 is 5.91 Å². The van der Waals surface area contributed by atoms with Gasteiger partial charge in [0.05, 0.1) is 12.5 Å². The van der Waals surface area contributed by atoms with E-state index < -0.39 is 0 Å². The molecule has 0 spiro atoms. The van der Waals surface area contributed by atoms with E-state index in [0.717, 1.165) is 31.5 Å². The summed E-state index contributed by atoms with van der Waals surface area (Å²) in [6, 6.07) is 10.0. The molecule has 0 aliphatic carbocycles. The van der Waals surface area contributed by atoms with Crippen LogP contribution in [-0.2, 0) is 11.3 Å². The maximum atomic E-state index is 12.8. The van der Waals surface area contributed by atoms with Gasteiger partial charge in [-0.25, -0.2) is 0 Å². The molecule has 2 heterocycles. The van der Waals surface area contributed by atoms with Crippen LogP contribution in [0.2, 0.25) is 0 Å². The second-order valence-electron chi connectivity index (χ2n) is 8.47. The Labute approximate surface area is 167 Å². The van der Waals surface area contributed by atoms with Crippen LogP contribution >= 0.6 is 0 Å². The van der Waals surface area contributed by atoms with Crippen LogP contribution in [-0.4, -0.2) is 40.1 Å². The number of amides is 1. The van der Waals surface area contributed by atoms with E-state index in [1.807, 2.05) is 30.3 Å². The van der Waals surface area contributed by atoms with Crippen molar-refractivity contribution < 1.29 is 9.32 Å². The molecular weight excluding hydrogens is 352 g/mol. The van der Waals surface area contributed by atoms with Crippen molar-refractivity contribution in [1.82, 2.24) is 20.4 Å². The third-order valence-electron chi connectivity index (χ3n) is 5.48. The van der Waals surface area contributed by atoms with E-state index in [2.05, 4.69) is 48.1 Å². The molecule has 28 heavy (non-hydrogen) atoms. The molecule has 1 aromatic heterocycles. The largest absolute Gasteiger partial charge is 0.353 e. The quantitative estimate of drug-likeness (QED) is 0.787. The Balaban J connectivity index is 1.58. The Kier molecular flexibility index (Phi) is 6.83. The van der Waals surface area contributed by atoms with Crippen LogP contribution in [0.4, 0.5) is 0 Å². The van der Waals surface area contributed by atoms with Gasteiger partial charge in [0, 0.05) is 18.2 Å². The molecule has 1 N–H and O–H groups in total. The third kappa shape index (κ3) is 5.19. The third-order valence-corrected chi connectivity index (χ3v) is 5.48. The summed E-state index contributed by atoms with van der Waals surface area (Å²) < 4.78 is 5.44. The van der Waals surface area contributed by atoms with E-state index in [0.29, 0.717) is 30.1 Å². The molecule has 2 aromatic rings. The number of carbonyl (C=O) groups excluding carboxylic acids is 1. The van der Waals surface area contributed by atoms with Gasteiger partial charge in [0.25, 0.3) is 0 Å². The van der Waals surface area contributed by atoms with E-state index in [-0.39, 0.29) is 17.9 Å². The van der Waals surface area contributed by atoms with Crippen LogP contribution < -0.4 is 5.32 Å². The maximum Gasteiger partial charge on any atom is 0.241 e. The van der Waals surface area contributed by atoms with Gasteiger partial charge in [-0.15, -0.1) is 0 Å². The van der Waals surface area contributed by atoms with Gasteiger partial charge in [0.15, 0.2) is 0 Å². The van der Waals surface area contributed by atoms with Crippen molar-refractivity contribution in [2.45, 2.75) is 53.1 Å². The lowest BCUT2D eigenvalue weighted by Crippen LogP contribution is -2.48. The summed E-state index contributed by atoms with van der Waals surface area (Å²) in [5.74, 6) is 2.26. The van der Waals surface area contributed by atoms with Crippen molar-refractivity contribution in [3.8, 4) is 11.4 Å². The first-order valence-corrected chi connectivity index (χ1v) is 10.3. The number of hydrogen-bond donors (Lipinski definition) is 1. The second kappa shape index (κ2) is 9.32. The molecular formula is C22H32N4O2. The lowest BCUT2D eigenvalue weighted by Gasteiger charge is -2.33. The molecule has 1 aromatic carbocycles.